The molecule has 0 aliphatic heterocycles. The van der Waals surface area contributed by atoms with Gasteiger partial charge in [0.15, 0.2) is 0 Å². The predicted molar refractivity (Wildman–Crippen MR) is 56.3 cm³/mol. The van der Waals surface area contributed by atoms with Crippen LogP contribution in [-0.2, 0) is 18.3 Å². The number of nitrogens with zero attached hydrogens (tertiary/aromatic N) is 3. The van der Waals surface area contributed by atoms with Crippen LogP contribution in [0.15, 0.2) is 6.33 Å². The lowest BCUT2D eigenvalue weighted by atomic mass is 9.95. The van der Waals surface area contributed by atoms with Crippen LogP contribution in [0.4, 0.5) is 0 Å². The average Bonchev–Trinajstić information content (AvgIpc) is 2.50. The second kappa shape index (κ2) is 4.55. The summed E-state index contributed by atoms with van der Waals surface area (Å²) < 4.78 is 1.76. The number of ketones is 1. The van der Waals surface area contributed by atoms with Crippen molar-refractivity contribution >= 4 is 5.78 Å². The summed E-state index contributed by atoms with van der Waals surface area (Å²) in [5.74, 6) is 1.51. The molecule has 4 heteroatoms. The van der Waals surface area contributed by atoms with Gasteiger partial charge in [-0.05, 0) is 12.8 Å². The number of carbonyl (C=O) groups is 1. The minimum Gasteiger partial charge on any atom is -0.299 e. The minimum atomic E-state index is 0.176. The molecule has 0 spiro atoms. The van der Waals surface area contributed by atoms with E-state index in [9.17, 15) is 4.79 Å². The highest BCUT2D eigenvalue weighted by molar-refractivity contribution is 5.81. The fraction of sp³-hybridized carbons (Fsp3) is 0.727. The number of hydrogen-bond donors (Lipinski definition) is 0. The molecular formula is C11H17N3O. The zero-order chi connectivity index (χ0) is 10.7. The van der Waals surface area contributed by atoms with Gasteiger partial charge in [-0.25, -0.2) is 4.98 Å². The topological polar surface area (TPSA) is 47.8 Å². The number of rotatable bonds is 2. The van der Waals surface area contributed by atoms with Gasteiger partial charge < -0.3 is 0 Å². The Hall–Kier alpha value is -1.19. The summed E-state index contributed by atoms with van der Waals surface area (Å²) in [7, 11) is 1.88. The monoisotopic (exact) mass is 207 g/mol. The Morgan fingerprint density at radius 1 is 1.47 bits per heavy atom. The SMILES string of the molecule is Cn1ncnc1CC1CCCCCC1=O. The quantitative estimate of drug-likeness (QED) is 0.690. The average molecular weight is 207 g/mol. The first-order valence-electron chi connectivity index (χ1n) is 5.63. The molecule has 1 aromatic rings. The second-order valence-corrected chi connectivity index (χ2v) is 4.27. The first kappa shape index (κ1) is 10.3. The van der Waals surface area contributed by atoms with Crippen LogP contribution in [0.1, 0.15) is 37.9 Å². The molecule has 0 aromatic carbocycles. The van der Waals surface area contributed by atoms with Crippen LogP contribution >= 0.6 is 0 Å². The van der Waals surface area contributed by atoms with Gasteiger partial charge in [0.2, 0.25) is 0 Å². The van der Waals surface area contributed by atoms with Crippen LogP contribution in [0, 0.1) is 5.92 Å². The molecule has 1 atom stereocenters. The molecule has 0 radical (unpaired) electrons. The van der Waals surface area contributed by atoms with Crippen molar-refractivity contribution < 1.29 is 4.79 Å². The lowest BCUT2D eigenvalue weighted by Gasteiger charge is -2.11. The van der Waals surface area contributed by atoms with Crippen molar-refractivity contribution in [3.05, 3.63) is 12.2 Å². The van der Waals surface area contributed by atoms with Crippen LogP contribution in [0.2, 0.25) is 0 Å². The van der Waals surface area contributed by atoms with E-state index in [1.165, 1.54) is 12.8 Å². The zero-order valence-electron chi connectivity index (χ0n) is 9.15. The Bertz CT molecular complexity index is 345. The second-order valence-electron chi connectivity index (χ2n) is 4.27. The molecule has 1 unspecified atom stereocenters. The third-order valence-corrected chi connectivity index (χ3v) is 3.17. The summed E-state index contributed by atoms with van der Waals surface area (Å²) in [6, 6.07) is 0. The molecule has 1 aromatic heterocycles. The smallest absolute Gasteiger partial charge is 0.138 e. The highest BCUT2D eigenvalue weighted by atomic mass is 16.1. The van der Waals surface area contributed by atoms with Crippen molar-refractivity contribution in [3.63, 3.8) is 0 Å². The van der Waals surface area contributed by atoms with Gasteiger partial charge in [-0.15, -0.1) is 0 Å². The maximum Gasteiger partial charge on any atom is 0.138 e. The first-order chi connectivity index (χ1) is 7.27. The summed E-state index contributed by atoms with van der Waals surface area (Å²) in [5, 5.41) is 4.02. The fourth-order valence-corrected chi connectivity index (χ4v) is 2.17. The fourth-order valence-electron chi connectivity index (χ4n) is 2.17. The van der Waals surface area contributed by atoms with E-state index < -0.39 is 0 Å². The van der Waals surface area contributed by atoms with Gasteiger partial charge in [-0.2, -0.15) is 5.10 Å². The van der Waals surface area contributed by atoms with Gasteiger partial charge in [0, 0.05) is 25.8 Å². The molecule has 0 N–H and O–H groups in total. The third-order valence-electron chi connectivity index (χ3n) is 3.17. The molecule has 4 nitrogen and oxygen atoms in total. The van der Waals surface area contributed by atoms with Crippen molar-refractivity contribution in [2.45, 2.75) is 38.5 Å². The van der Waals surface area contributed by atoms with E-state index in [2.05, 4.69) is 10.1 Å². The largest absolute Gasteiger partial charge is 0.299 e. The molecule has 0 saturated heterocycles. The van der Waals surface area contributed by atoms with Crippen LogP contribution in [0.3, 0.4) is 0 Å². The Labute approximate surface area is 89.7 Å². The molecule has 15 heavy (non-hydrogen) atoms. The summed E-state index contributed by atoms with van der Waals surface area (Å²) in [6.07, 6.45) is 7.52. The Kier molecular flexibility index (Phi) is 3.14. The lowest BCUT2D eigenvalue weighted by Crippen LogP contribution is -2.17. The predicted octanol–water partition coefficient (Wildman–Crippen LogP) is 1.51. The molecule has 0 bridgehead atoms. The molecule has 1 saturated carbocycles. The lowest BCUT2D eigenvalue weighted by molar-refractivity contribution is -0.122. The third kappa shape index (κ3) is 2.43. The van der Waals surface area contributed by atoms with Crippen LogP contribution < -0.4 is 0 Å². The normalized spacial score (nSPS) is 22.7. The first-order valence-corrected chi connectivity index (χ1v) is 5.63. The van der Waals surface area contributed by atoms with Crippen molar-refractivity contribution in [1.82, 2.24) is 14.8 Å². The minimum absolute atomic E-state index is 0.176. The Morgan fingerprint density at radius 3 is 3.07 bits per heavy atom. The molecule has 2 rings (SSSR count). The zero-order valence-corrected chi connectivity index (χ0v) is 9.15. The highest BCUT2D eigenvalue weighted by Gasteiger charge is 2.22. The number of Topliss-reactive ketones (excluding diaryl/α,β-unsaturated/α-hetero) is 1. The van der Waals surface area contributed by atoms with Crippen molar-refractivity contribution in [2.75, 3.05) is 0 Å². The number of hydrogen-bond acceptors (Lipinski definition) is 3. The molecule has 1 aliphatic rings. The molecular weight excluding hydrogens is 190 g/mol. The number of aromatic nitrogens is 3. The maximum atomic E-state index is 11.8. The van der Waals surface area contributed by atoms with E-state index in [0.717, 1.165) is 31.5 Å². The highest BCUT2D eigenvalue weighted by Crippen LogP contribution is 2.22. The maximum absolute atomic E-state index is 11.8. The van der Waals surface area contributed by atoms with Gasteiger partial charge in [-0.1, -0.05) is 12.8 Å². The van der Waals surface area contributed by atoms with Gasteiger partial charge in [0.05, 0.1) is 0 Å². The van der Waals surface area contributed by atoms with Crippen LogP contribution in [0.25, 0.3) is 0 Å². The van der Waals surface area contributed by atoms with E-state index in [4.69, 9.17) is 0 Å². The summed E-state index contributed by atoms with van der Waals surface area (Å²) in [5.41, 5.74) is 0. The summed E-state index contributed by atoms with van der Waals surface area (Å²) >= 11 is 0. The van der Waals surface area contributed by atoms with Crippen molar-refractivity contribution in [3.8, 4) is 0 Å². The molecule has 1 heterocycles. The Morgan fingerprint density at radius 2 is 2.33 bits per heavy atom. The number of aryl methyl sites for hydroxylation is 1. The van der Waals surface area contributed by atoms with Crippen LogP contribution in [-0.4, -0.2) is 20.5 Å². The number of carbonyl (C=O) groups excluding carboxylic acids is 1. The standard InChI is InChI=1S/C11H17N3O/c1-14-11(12-8-13-14)7-9-5-3-2-4-6-10(9)15/h8-9H,2-7H2,1H3. The van der Waals surface area contributed by atoms with Gasteiger partial charge in [-0.3, -0.25) is 9.48 Å². The van der Waals surface area contributed by atoms with E-state index >= 15 is 0 Å². The molecule has 0 amide bonds. The van der Waals surface area contributed by atoms with E-state index in [1.54, 1.807) is 11.0 Å². The van der Waals surface area contributed by atoms with E-state index in [0.29, 0.717) is 5.78 Å². The van der Waals surface area contributed by atoms with Gasteiger partial charge >= 0.3 is 0 Å². The molecule has 1 fully saturated rings. The van der Waals surface area contributed by atoms with Crippen molar-refractivity contribution in [1.29, 1.82) is 0 Å². The van der Waals surface area contributed by atoms with Crippen LogP contribution in [0.5, 0.6) is 0 Å². The van der Waals surface area contributed by atoms with E-state index in [1.807, 2.05) is 7.05 Å². The molecule has 1 aliphatic carbocycles. The van der Waals surface area contributed by atoms with Gasteiger partial charge in [0.25, 0.3) is 0 Å². The summed E-state index contributed by atoms with van der Waals surface area (Å²) in [4.78, 5) is 16.0. The summed E-state index contributed by atoms with van der Waals surface area (Å²) in [6.45, 7) is 0. The van der Waals surface area contributed by atoms with E-state index in [-0.39, 0.29) is 5.92 Å². The van der Waals surface area contributed by atoms with Crippen molar-refractivity contribution in [2.24, 2.45) is 13.0 Å². The van der Waals surface area contributed by atoms with Gasteiger partial charge in [0.1, 0.15) is 17.9 Å². The molecule has 82 valence electrons. The Balaban J connectivity index is 2.03.